The Labute approximate surface area is 88.2 Å². The van der Waals surface area contributed by atoms with Crippen molar-refractivity contribution in [2.75, 3.05) is 13.1 Å². The maximum atomic E-state index is 2.73. The Kier molecular flexibility index (Phi) is 3.63. The molecule has 0 N–H and O–H groups in total. The van der Waals surface area contributed by atoms with E-state index in [1.54, 1.807) is 5.57 Å². The monoisotopic (exact) mass is 193 g/mol. The van der Waals surface area contributed by atoms with Crippen molar-refractivity contribution >= 4 is 0 Å². The largest absolute Gasteiger partial charge is 0.300 e. The molecule has 1 heterocycles. The number of allylic oxidation sites excluding steroid dienone is 1. The number of likely N-dealkylation sites (tertiary alicyclic amines) is 1. The molecule has 0 bridgehead atoms. The van der Waals surface area contributed by atoms with E-state index >= 15 is 0 Å². The van der Waals surface area contributed by atoms with Gasteiger partial charge in [-0.1, -0.05) is 25.0 Å². The van der Waals surface area contributed by atoms with Crippen LogP contribution in [0.1, 0.15) is 51.9 Å². The fourth-order valence-electron chi connectivity index (χ4n) is 2.81. The molecule has 14 heavy (non-hydrogen) atoms. The van der Waals surface area contributed by atoms with Crippen molar-refractivity contribution in [3.05, 3.63) is 11.6 Å². The molecule has 80 valence electrons. The zero-order valence-corrected chi connectivity index (χ0v) is 9.47. The van der Waals surface area contributed by atoms with Crippen LogP contribution in [-0.4, -0.2) is 24.0 Å². The average Bonchev–Trinajstić information content (AvgIpc) is 2.30. The Balaban J connectivity index is 1.85. The Morgan fingerprint density at radius 3 is 2.64 bits per heavy atom. The normalized spacial score (nSPS) is 30.1. The van der Waals surface area contributed by atoms with E-state index in [0.29, 0.717) is 0 Å². The molecule has 1 aliphatic carbocycles. The first-order valence-corrected chi connectivity index (χ1v) is 6.32. The minimum absolute atomic E-state index is 0.880. The fraction of sp³-hybridized carbons (Fsp3) is 0.846. The topological polar surface area (TPSA) is 3.24 Å². The van der Waals surface area contributed by atoms with Gasteiger partial charge in [0.2, 0.25) is 0 Å². The van der Waals surface area contributed by atoms with Crippen LogP contribution in [0, 0.1) is 0 Å². The minimum Gasteiger partial charge on any atom is -0.300 e. The molecule has 0 aromatic rings. The summed E-state index contributed by atoms with van der Waals surface area (Å²) in [5.74, 6) is 0. The van der Waals surface area contributed by atoms with Crippen molar-refractivity contribution in [2.24, 2.45) is 0 Å². The third-order valence-corrected chi connectivity index (χ3v) is 3.84. The van der Waals surface area contributed by atoms with E-state index in [-0.39, 0.29) is 0 Å². The van der Waals surface area contributed by atoms with Crippen LogP contribution in [0.25, 0.3) is 0 Å². The summed E-state index contributed by atoms with van der Waals surface area (Å²) < 4.78 is 0. The Morgan fingerprint density at radius 1 is 1.29 bits per heavy atom. The fourth-order valence-corrected chi connectivity index (χ4v) is 2.81. The molecule has 0 saturated carbocycles. The van der Waals surface area contributed by atoms with Crippen LogP contribution in [0.3, 0.4) is 0 Å². The highest BCUT2D eigenvalue weighted by Crippen LogP contribution is 2.26. The molecule has 0 aromatic heterocycles. The number of rotatable bonds is 2. The Hall–Kier alpha value is -0.300. The van der Waals surface area contributed by atoms with E-state index in [9.17, 15) is 0 Å². The van der Waals surface area contributed by atoms with Crippen LogP contribution < -0.4 is 0 Å². The predicted molar refractivity (Wildman–Crippen MR) is 61.4 cm³/mol. The van der Waals surface area contributed by atoms with Gasteiger partial charge >= 0.3 is 0 Å². The zero-order chi connectivity index (χ0) is 9.80. The van der Waals surface area contributed by atoms with Crippen molar-refractivity contribution < 1.29 is 0 Å². The van der Waals surface area contributed by atoms with Crippen LogP contribution in [0.15, 0.2) is 11.6 Å². The quantitative estimate of drug-likeness (QED) is 0.608. The lowest BCUT2D eigenvalue weighted by Crippen LogP contribution is -2.39. The maximum Gasteiger partial charge on any atom is 0.0133 e. The molecule has 1 unspecified atom stereocenters. The number of piperidine rings is 1. The van der Waals surface area contributed by atoms with Gasteiger partial charge in [0.1, 0.15) is 0 Å². The van der Waals surface area contributed by atoms with E-state index in [2.05, 4.69) is 17.9 Å². The highest BCUT2D eigenvalue weighted by atomic mass is 15.2. The predicted octanol–water partition coefficient (Wildman–Crippen LogP) is 3.36. The van der Waals surface area contributed by atoms with Gasteiger partial charge in [0, 0.05) is 6.04 Å². The number of nitrogens with zero attached hydrogens (tertiary/aromatic N) is 1. The lowest BCUT2D eigenvalue weighted by molar-refractivity contribution is 0.152. The van der Waals surface area contributed by atoms with Gasteiger partial charge in [-0.05, 0) is 51.6 Å². The van der Waals surface area contributed by atoms with Crippen molar-refractivity contribution in [3.63, 3.8) is 0 Å². The van der Waals surface area contributed by atoms with E-state index in [4.69, 9.17) is 0 Å². The van der Waals surface area contributed by atoms with Crippen LogP contribution in [0.2, 0.25) is 0 Å². The van der Waals surface area contributed by atoms with Crippen LogP contribution >= 0.6 is 0 Å². The van der Waals surface area contributed by atoms with Crippen molar-refractivity contribution in [1.29, 1.82) is 0 Å². The van der Waals surface area contributed by atoms with Gasteiger partial charge in [0.25, 0.3) is 0 Å². The maximum absolute atomic E-state index is 2.73. The average molecular weight is 193 g/mol. The molecule has 0 aromatic carbocycles. The molecule has 1 aliphatic heterocycles. The van der Waals surface area contributed by atoms with Gasteiger partial charge in [-0.25, -0.2) is 0 Å². The smallest absolute Gasteiger partial charge is 0.0133 e. The first-order chi connectivity index (χ1) is 6.90. The molecular weight excluding hydrogens is 170 g/mol. The highest BCUT2D eigenvalue weighted by Gasteiger charge is 2.21. The molecule has 0 radical (unpaired) electrons. The van der Waals surface area contributed by atoms with Crippen LogP contribution in [-0.2, 0) is 0 Å². The van der Waals surface area contributed by atoms with Crippen LogP contribution in [0.4, 0.5) is 0 Å². The highest BCUT2D eigenvalue weighted by molar-refractivity contribution is 5.07. The Morgan fingerprint density at radius 2 is 2.07 bits per heavy atom. The summed E-state index contributed by atoms with van der Waals surface area (Å²) in [6.07, 6.45) is 12.2. The molecule has 0 amide bonds. The molecular formula is C13H23N. The second kappa shape index (κ2) is 4.97. The second-order valence-corrected chi connectivity index (χ2v) is 4.74. The molecule has 2 rings (SSSR count). The molecule has 0 spiro atoms. The summed E-state index contributed by atoms with van der Waals surface area (Å²) in [7, 11) is 0. The standard InChI is InChI=1S/C13H23N/c1-2-12-6-8-13(9-7-12)14-10-4-3-5-11-14/h6,13H,2-5,7-11H2,1H3. The van der Waals surface area contributed by atoms with Gasteiger partial charge in [-0.2, -0.15) is 0 Å². The molecule has 2 aliphatic rings. The van der Waals surface area contributed by atoms with E-state index < -0.39 is 0 Å². The molecule has 1 saturated heterocycles. The molecule has 1 fully saturated rings. The number of hydrogen-bond donors (Lipinski definition) is 0. The third kappa shape index (κ3) is 2.38. The lowest BCUT2D eigenvalue weighted by Gasteiger charge is -2.36. The minimum atomic E-state index is 0.880. The molecule has 1 heteroatoms. The van der Waals surface area contributed by atoms with Crippen LogP contribution in [0.5, 0.6) is 0 Å². The molecule has 1 atom stereocenters. The SMILES string of the molecule is CCC1=CCC(N2CCCCC2)CC1. The van der Waals surface area contributed by atoms with Crippen molar-refractivity contribution in [1.82, 2.24) is 4.90 Å². The third-order valence-electron chi connectivity index (χ3n) is 3.84. The number of hydrogen-bond acceptors (Lipinski definition) is 1. The van der Waals surface area contributed by atoms with E-state index in [1.165, 1.54) is 58.0 Å². The summed E-state index contributed by atoms with van der Waals surface area (Å²) in [5.41, 5.74) is 1.69. The van der Waals surface area contributed by atoms with E-state index in [1.807, 2.05) is 0 Å². The van der Waals surface area contributed by atoms with Gasteiger partial charge in [-0.3, -0.25) is 0 Å². The summed E-state index contributed by atoms with van der Waals surface area (Å²) in [6, 6.07) is 0.880. The summed E-state index contributed by atoms with van der Waals surface area (Å²) in [5, 5.41) is 0. The van der Waals surface area contributed by atoms with Gasteiger partial charge in [-0.15, -0.1) is 0 Å². The van der Waals surface area contributed by atoms with Gasteiger partial charge in [0.05, 0.1) is 0 Å². The lowest BCUT2D eigenvalue weighted by atomic mass is 9.92. The summed E-state index contributed by atoms with van der Waals surface area (Å²) >= 11 is 0. The first-order valence-electron chi connectivity index (χ1n) is 6.32. The first kappa shape index (κ1) is 10.2. The summed E-state index contributed by atoms with van der Waals surface area (Å²) in [6.45, 7) is 5.01. The van der Waals surface area contributed by atoms with E-state index in [0.717, 1.165) is 6.04 Å². The van der Waals surface area contributed by atoms with Gasteiger partial charge < -0.3 is 4.90 Å². The summed E-state index contributed by atoms with van der Waals surface area (Å²) in [4.78, 5) is 2.73. The second-order valence-electron chi connectivity index (χ2n) is 4.74. The van der Waals surface area contributed by atoms with Crippen molar-refractivity contribution in [3.8, 4) is 0 Å². The molecule has 1 nitrogen and oxygen atoms in total. The Bertz CT molecular complexity index is 201. The zero-order valence-electron chi connectivity index (χ0n) is 9.47. The van der Waals surface area contributed by atoms with Gasteiger partial charge in [0.15, 0.2) is 0 Å². The van der Waals surface area contributed by atoms with Crippen molar-refractivity contribution in [2.45, 2.75) is 57.9 Å².